The number of carbonyl (C=O) groups excluding carboxylic acids is 1. The summed E-state index contributed by atoms with van der Waals surface area (Å²) in [5.74, 6) is 0. The van der Waals surface area contributed by atoms with Crippen molar-refractivity contribution in [1.29, 1.82) is 0 Å². The molecule has 1 aliphatic rings. The first-order valence-corrected chi connectivity index (χ1v) is 5.07. The summed E-state index contributed by atoms with van der Waals surface area (Å²) in [7, 11) is 0. The molecule has 0 radical (unpaired) electrons. The second-order valence-electron chi connectivity index (χ2n) is 3.51. The molecule has 1 heterocycles. The van der Waals surface area contributed by atoms with Gasteiger partial charge in [-0.3, -0.25) is 0 Å². The Kier molecular flexibility index (Phi) is 2.91. The second kappa shape index (κ2) is 4.10. The molecule has 1 unspecified atom stereocenters. The van der Waals surface area contributed by atoms with Gasteiger partial charge < -0.3 is 10.1 Å². The van der Waals surface area contributed by atoms with Crippen molar-refractivity contribution in [3.63, 3.8) is 0 Å². The molecule has 1 aliphatic heterocycles. The van der Waals surface area contributed by atoms with Crippen molar-refractivity contribution in [2.45, 2.75) is 12.3 Å². The van der Waals surface area contributed by atoms with Crippen molar-refractivity contribution >= 4 is 17.7 Å². The van der Waals surface area contributed by atoms with Gasteiger partial charge in [0, 0.05) is 0 Å². The van der Waals surface area contributed by atoms with E-state index < -0.39 is 23.9 Å². The van der Waals surface area contributed by atoms with Gasteiger partial charge in [0.15, 0.2) is 0 Å². The fourth-order valence-electron chi connectivity index (χ4n) is 1.53. The Morgan fingerprint density at radius 1 is 1.41 bits per heavy atom. The molecule has 1 fully saturated rings. The Morgan fingerprint density at radius 2 is 2.12 bits per heavy atom. The lowest BCUT2D eigenvalue weighted by atomic mass is 10.1. The number of amides is 1. The summed E-state index contributed by atoms with van der Waals surface area (Å²) in [6.07, 6.45) is -5.87. The molecule has 1 aromatic carbocycles. The van der Waals surface area contributed by atoms with Crippen LogP contribution in [0.1, 0.15) is 17.2 Å². The average molecular weight is 266 g/mol. The number of alkyl carbamates (subject to hydrolysis) is 1. The van der Waals surface area contributed by atoms with Gasteiger partial charge in [-0.05, 0) is 17.7 Å². The van der Waals surface area contributed by atoms with Gasteiger partial charge in [0.25, 0.3) is 0 Å². The van der Waals surface area contributed by atoms with Crippen LogP contribution in [0.4, 0.5) is 18.0 Å². The van der Waals surface area contributed by atoms with Crippen molar-refractivity contribution < 1.29 is 22.7 Å². The number of nitrogens with one attached hydrogen (secondary N) is 1. The summed E-state index contributed by atoms with van der Waals surface area (Å²) >= 11 is 5.47. The van der Waals surface area contributed by atoms with Crippen LogP contribution in [0.5, 0.6) is 0 Å². The van der Waals surface area contributed by atoms with E-state index in [0.717, 1.165) is 12.1 Å². The Labute approximate surface area is 99.5 Å². The molecule has 7 heteroatoms. The maximum absolute atomic E-state index is 12.6. The van der Waals surface area contributed by atoms with Crippen LogP contribution in [-0.4, -0.2) is 12.6 Å². The number of rotatable bonds is 1. The van der Waals surface area contributed by atoms with E-state index in [9.17, 15) is 18.0 Å². The third-order valence-electron chi connectivity index (χ3n) is 2.35. The van der Waals surface area contributed by atoms with Crippen LogP contribution in [0.15, 0.2) is 18.2 Å². The molecule has 0 bridgehead atoms. The van der Waals surface area contributed by atoms with E-state index in [4.69, 9.17) is 16.3 Å². The maximum Gasteiger partial charge on any atom is 0.417 e. The zero-order valence-electron chi connectivity index (χ0n) is 8.34. The highest BCUT2D eigenvalue weighted by Gasteiger charge is 2.35. The van der Waals surface area contributed by atoms with E-state index in [0.29, 0.717) is 0 Å². The van der Waals surface area contributed by atoms with Gasteiger partial charge in [-0.2, -0.15) is 13.2 Å². The highest BCUT2D eigenvalue weighted by Crippen LogP contribution is 2.36. The fourth-order valence-corrected chi connectivity index (χ4v) is 1.76. The molecule has 17 heavy (non-hydrogen) atoms. The first-order chi connectivity index (χ1) is 7.88. The van der Waals surface area contributed by atoms with E-state index in [1.54, 1.807) is 0 Å². The monoisotopic (exact) mass is 265 g/mol. The van der Waals surface area contributed by atoms with Crippen LogP contribution in [0.25, 0.3) is 0 Å². The second-order valence-corrected chi connectivity index (χ2v) is 3.92. The van der Waals surface area contributed by atoms with E-state index in [1.165, 1.54) is 6.07 Å². The number of benzene rings is 1. The lowest BCUT2D eigenvalue weighted by Crippen LogP contribution is -2.12. The van der Waals surface area contributed by atoms with Crippen molar-refractivity contribution in [2.75, 3.05) is 6.54 Å². The maximum atomic E-state index is 12.6. The lowest BCUT2D eigenvalue weighted by Gasteiger charge is -2.13. The van der Waals surface area contributed by atoms with E-state index in [-0.39, 0.29) is 17.1 Å². The Morgan fingerprint density at radius 3 is 2.65 bits per heavy atom. The normalized spacial score (nSPS) is 20.0. The zero-order chi connectivity index (χ0) is 12.6. The van der Waals surface area contributed by atoms with E-state index >= 15 is 0 Å². The highest BCUT2D eigenvalue weighted by atomic mass is 35.5. The molecule has 1 atom stereocenters. The minimum Gasteiger partial charge on any atom is -0.439 e. The number of cyclic esters (lactones) is 1. The predicted octanol–water partition coefficient (Wildman–Crippen LogP) is 3.14. The quantitative estimate of drug-likeness (QED) is 0.847. The average Bonchev–Trinajstić information content (AvgIpc) is 2.64. The zero-order valence-corrected chi connectivity index (χ0v) is 9.10. The van der Waals surface area contributed by atoms with E-state index in [2.05, 4.69) is 5.32 Å². The largest absolute Gasteiger partial charge is 0.439 e. The van der Waals surface area contributed by atoms with Crippen LogP contribution < -0.4 is 5.32 Å². The summed E-state index contributed by atoms with van der Waals surface area (Å²) in [6.45, 7) is 0.151. The summed E-state index contributed by atoms with van der Waals surface area (Å²) < 4.78 is 42.5. The number of carbonyl (C=O) groups is 1. The SMILES string of the molecule is O=C1NCC(c2ccc(Cl)c(C(F)(F)F)c2)O1. The highest BCUT2D eigenvalue weighted by molar-refractivity contribution is 6.31. The number of hydrogen-bond acceptors (Lipinski definition) is 2. The van der Waals surface area contributed by atoms with Crippen molar-refractivity contribution in [3.05, 3.63) is 34.3 Å². The third kappa shape index (κ3) is 2.46. The van der Waals surface area contributed by atoms with Crippen LogP contribution in [-0.2, 0) is 10.9 Å². The molecule has 0 spiro atoms. The molecule has 2 rings (SSSR count). The van der Waals surface area contributed by atoms with Crippen LogP contribution in [0.2, 0.25) is 5.02 Å². The smallest absolute Gasteiger partial charge is 0.417 e. The molecule has 0 aliphatic carbocycles. The molecule has 3 nitrogen and oxygen atoms in total. The number of alkyl halides is 3. The van der Waals surface area contributed by atoms with Crippen molar-refractivity contribution in [2.24, 2.45) is 0 Å². The predicted molar refractivity (Wildman–Crippen MR) is 53.7 cm³/mol. The Balaban J connectivity index is 2.34. The lowest BCUT2D eigenvalue weighted by molar-refractivity contribution is -0.137. The molecule has 1 aromatic rings. The summed E-state index contributed by atoms with van der Waals surface area (Å²) in [4.78, 5) is 10.8. The molecule has 1 N–H and O–H groups in total. The summed E-state index contributed by atoms with van der Waals surface area (Å²) in [5.41, 5.74) is -0.667. The number of halogens is 4. The van der Waals surface area contributed by atoms with Crippen LogP contribution in [0, 0.1) is 0 Å². The Hall–Kier alpha value is -1.43. The topological polar surface area (TPSA) is 38.3 Å². The van der Waals surface area contributed by atoms with Gasteiger partial charge in [-0.25, -0.2) is 4.79 Å². The molecular weight excluding hydrogens is 259 g/mol. The Bertz CT molecular complexity index is 461. The standard InChI is InChI=1S/C10H7ClF3NO2/c11-7-2-1-5(3-6(7)10(12,13)14)8-4-15-9(16)17-8/h1-3,8H,4H2,(H,15,16). The van der Waals surface area contributed by atoms with Crippen LogP contribution in [0.3, 0.4) is 0 Å². The molecular formula is C10H7ClF3NO2. The van der Waals surface area contributed by atoms with Gasteiger partial charge in [-0.1, -0.05) is 17.7 Å². The minimum absolute atomic E-state index is 0.151. The minimum atomic E-state index is -4.52. The molecule has 1 amide bonds. The molecule has 1 saturated heterocycles. The first-order valence-electron chi connectivity index (χ1n) is 4.69. The van der Waals surface area contributed by atoms with Crippen LogP contribution >= 0.6 is 11.6 Å². The van der Waals surface area contributed by atoms with Crippen molar-refractivity contribution in [1.82, 2.24) is 5.32 Å². The third-order valence-corrected chi connectivity index (χ3v) is 2.68. The number of hydrogen-bond donors (Lipinski definition) is 1. The van der Waals surface area contributed by atoms with Crippen molar-refractivity contribution in [3.8, 4) is 0 Å². The summed E-state index contributed by atoms with van der Waals surface area (Å²) in [6, 6.07) is 3.45. The first kappa shape index (κ1) is 12.0. The number of ether oxygens (including phenoxy) is 1. The van der Waals surface area contributed by atoms with Gasteiger partial charge in [0.2, 0.25) is 0 Å². The van der Waals surface area contributed by atoms with E-state index in [1.807, 2.05) is 0 Å². The van der Waals surface area contributed by atoms with Gasteiger partial charge >= 0.3 is 12.3 Å². The fraction of sp³-hybridized carbons (Fsp3) is 0.300. The van der Waals surface area contributed by atoms with Gasteiger partial charge in [0.1, 0.15) is 6.10 Å². The van der Waals surface area contributed by atoms with Gasteiger partial charge in [-0.15, -0.1) is 0 Å². The molecule has 0 aromatic heterocycles. The van der Waals surface area contributed by atoms with Gasteiger partial charge in [0.05, 0.1) is 17.1 Å². The molecule has 0 saturated carbocycles. The molecule has 92 valence electrons. The summed E-state index contributed by atoms with van der Waals surface area (Å²) in [5, 5.41) is 1.99.